The normalized spacial score (nSPS) is 19.9. The van der Waals surface area contributed by atoms with Gasteiger partial charge in [0, 0.05) is 142 Å². The van der Waals surface area contributed by atoms with Crippen molar-refractivity contribution in [1.29, 1.82) is 0 Å². The van der Waals surface area contributed by atoms with E-state index in [1.807, 2.05) is 0 Å². The maximum absolute atomic E-state index is 12.8. The first kappa shape index (κ1) is 92.4. The Hall–Kier alpha value is -5.03. The molecule has 2 unspecified atom stereocenters. The predicted octanol–water partition coefficient (Wildman–Crippen LogP) is 7.14. The van der Waals surface area contributed by atoms with Crippen LogP contribution in [0.3, 0.4) is 0 Å². The Balaban J connectivity index is -0.000000550. The molecule has 11 N–H and O–H groups in total. The number of carboxylic acid groups (broad SMARTS) is 2. The Labute approximate surface area is 608 Å². The summed E-state index contributed by atoms with van der Waals surface area (Å²) >= 11 is 60.5. The van der Waals surface area contributed by atoms with Crippen molar-refractivity contribution in [1.82, 2.24) is 35.4 Å². The minimum atomic E-state index is -1.71. The summed E-state index contributed by atoms with van der Waals surface area (Å²) in [7, 11) is 0. The van der Waals surface area contributed by atoms with Gasteiger partial charge in [-0.25, -0.2) is 19.2 Å². The van der Waals surface area contributed by atoms with Gasteiger partial charge in [0.2, 0.25) is 22.7 Å². The van der Waals surface area contributed by atoms with Crippen LogP contribution >= 0.6 is 130 Å². The molecular formula is C57H70Cl11N10NaO12. The van der Waals surface area contributed by atoms with E-state index in [0.717, 1.165) is 52.0 Å². The molecule has 4 heterocycles. The fraction of sp³-hybridized carbons (Fsp3) is 0.263. The van der Waals surface area contributed by atoms with Crippen LogP contribution in [0.15, 0.2) is 164 Å². The monoisotopic (exact) mass is 1490 g/mol. The molecule has 10 rings (SSSR count). The van der Waals surface area contributed by atoms with Gasteiger partial charge in [-0.05, 0) is 41.8 Å². The van der Waals surface area contributed by atoms with Crippen LogP contribution in [0.25, 0.3) is 0 Å². The molecule has 498 valence electrons. The average molecular weight is 1500 g/mol. The number of phenols is 2. The molecule has 0 saturated carbocycles. The van der Waals surface area contributed by atoms with Crippen LogP contribution in [0.5, 0.6) is 11.5 Å². The van der Waals surface area contributed by atoms with Crippen molar-refractivity contribution >= 4 is 166 Å². The third kappa shape index (κ3) is 16.6. The van der Waals surface area contributed by atoms with E-state index in [9.17, 15) is 44.1 Å². The van der Waals surface area contributed by atoms with Gasteiger partial charge in [0.15, 0.2) is 0 Å². The molecule has 0 aromatic heterocycles. The molecule has 4 saturated heterocycles. The van der Waals surface area contributed by atoms with Crippen LogP contribution in [0, 0.1) is 6.92 Å². The first-order valence-electron chi connectivity index (χ1n) is 23.9. The quantitative estimate of drug-likeness (QED) is 0.0606. The number of alkyl halides is 2. The van der Waals surface area contributed by atoms with Gasteiger partial charge in [0.1, 0.15) is 23.6 Å². The molecule has 0 radical (unpaired) electrons. The summed E-state index contributed by atoms with van der Waals surface area (Å²) in [6.45, 7) is 1.76. The number of rotatable bonds is 10. The van der Waals surface area contributed by atoms with Gasteiger partial charge in [-0.3, -0.25) is 0 Å². The number of amides is 8. The number of hydrogen-bond acceptors (Lipinski definition) is 11. The number of phenolic OH excluding ortho intramolecular Hbond substituents is 2. The number of quaternary nitrogens is 2. The number of aliphatic carboxylic acids is 2. The SMILES string of the molecule is C.C.C.C.CCl.CCl.Cc1cc(CC([NH3+])C(=O)[O-])ccc1O.Cl.O.O=C1N(Cl)C2(c3ccccc3)N(Cl)C(=O)N(Cl)C2(c2ccccc2)N1Cl.O=C1N(Cl)C2(c3ccccc3)N(Cl)C(=O)N(Cl)C2(c2ccccc2)N1Cl.[NH3+]C(Cc1ccc(O)cc1)C(=O)[O-].[Na+].[OH-]. The molecular weight excluding hydrogens is 1430 g/mol. The Morgan fingerprint density at radius 3 is 0.857 bits per heavy atom. The number of carboxylic acids is 2. The Morgan fingerprint density at radius 1 is 0.440 bits per heavy atom. The minimum absolute atomic E-state index is 0. The number of hydrogen-bond donors (Lipinski definition) is 4. The fourth-order valence-corrected chi connectivity index (χ4v) is 12.7. The van der Waals surface area contributed by atoms with Crippen LogP contribution in [-0.2, 0) is 45.1 Å². The zero-order valence-corrected chi connectivity index (χ0v) is 56.3. The molecule has 4 aliphatic rings. The summed E-state index contributed by atoms with van der Waals surface area (Å²) in [5, 5.41) is 39.0. The zero-order chi connectivity index (χ0) is 61.9. The van der Waals surface area contributed by atoms with Crippen LogP contribution in [0.1, 0.15) is 68.7 Å². The molecule has 0 spiro atoms. The number of aryl methyl sites for hydroxylation is 1. The van der Waals surface area contributed by atoms with E-state index < -0.39 is 70.8 Å². The molecule has 91 heavy (non-hydrogen) atoms. The summed E-state index contributed by atoms with van der Waals surface area (Å²) in [5.74, 6) is -1.94. The van der Waals surface area contributed by atoms with Crippen molar-refractivity contribution in [3.8, 4) is 11.5 Å². The van der Waals surface area contributed by atoms with E-state index in [4.69, 9.17) is 99.3 Å². The smallest absolute Gasteiger partial charge is 0.870 e. The zero-order valence-electron chi connectivity index (χ0n) is 45.9. The molecule has 0 bridgehead atoms. The van der Waals surface area contributed by atoms with E-state index in [1.165, 1.54) is 24.9 Å². The number of benzene rings is 6. The molecule has 34 heteroatoms. The first-order chi connectivity index (χ1) is 39.4. The Kier molecular flexibility index (Phi) is 40.2. The number of fused-ring (bicyclic) bond motifs is 2. The maximum atomic E-state index is 12.8. The predicted molar refractivity (Wildman–Crippen MR) is 351 cm³/mol. The topological polar surface area (TPSA) is 332 Å². The summed E-state index contributed by atoms with van der Waals surface area (Å²) < 4.78 is 6.41. The summed E-state index contributed by atoms with van der Waals surface area (Å²) in [6, 6.07) is 41.3. The molecule has 6 aromatic rings. The van der Waals surface area contributed by atoms with E-state index >= 15 is 0 Å². The van der Waals surface area contributed by atoms with Crippen LogP contribution in [0.4, 0.5) is 19.2 Å². The van der Waals surface area contributed by atoms with Gasteiger partial charge < -0.3 is 52.4 Å². The second kappa shape index (κ2) is 39.6. The Morgan fingerprint density at radius 2 is 0.648 bits per heavy atom. The van der Waals surface area contributed by atoms with Crippen LogP contribution < -0.4 is 51.2 Å². The molecule has 8 amide bonds. The summed E-state index contributed by atoms with van der Waals surface area (Å²) in [5.41, 5.74) is 4.27. The van der Waals surface area contributed by atoms with Gasteiger partial charge in [0.25, 0.3) is 0 Å². The molecule has 2 atom stereocenters. The standard InChI is InChI=1S/2C16H10Cl4N4O2.C10H13NO3.C9H11NO3.2CH3Cl.4CH4.ClH.Na.2H2O/c2*17-21-13(25)23(19)16(12-9-5-2-6-10-12)15(21,11-7-3-1-4-8-11)22(18)14(26)24(16)20;1-6-4-7(2-3-9(6)12)5-8(11)10(13)14;10-8(9(12)13)5-6-1-3-7(11)4-2-6;2*1-2;;;;;;;;/h2*1-10H;2-4,8,12H,5,11H2,1H3,(H,13,14);1-4,8,11H,5,10H2,(H,12,13);2*1H3;4*1H4;1H;;2*1H2/q;;;;;;;;;;;+1;;/p-1. The van der Waals surface area contributed by atoms with Crippen molar-refractivity contribution in [2.24, 2.45) is 0 Å². The molecule has 0 aliphatic carbocycles. The van der Waals surface area contributed by atoms with Gasteiger partial charge in [-0.2, -0.15) is 35.4 Å². The van der Waals surface area contributed by atoms with E-state index in [-0.39, 0.29) is 94.1 Å². The first-order valence-corrected chi connectivity index (χ1v) is 28.1. The number of halogens is 11. The minimum Gasteiger partial charge on any atom is -0.870 e. The van der Waals surface area contributed by atoms with Gasteiger partial charge in [-0.1, -0.05) is 175 Å². The molecule has 4 aliphatic heterocycles. The molecule has 4 fully saturated rings. The summed E-state index contributed by atoms with van der Waals surface area (Å²) in [6.07, 6.45) is 3.59. The number of aromatic hydroxyl groups is 2. The van der Waals surface area contributed by atoms with Crippen molar-refractivity contribution in [3.63, 3.8) is 0 Å². The van der Waals surface area contributed by atoms with Gasteiger partial charge in [0.05, 0.1) is 11.9 Å². The number of nitrogens with zero attached hydrogens (tertiary/aromatic N) is 8. The molecule has 6 aromatic carbocycles. The van der Waals surface area contributed by atoms with E-state index in [0.29, 0.717) is 35.1 Å². The van der Waals surface area contributed by atoms with Crippen molar-refractivity contribution < 1.29 is 101 Å². The number of urea groups is 4. The van der Waals surface area contributed by atoms with Crippen molar-refractivity contribution in [2.45, 2.75) is 84.2 Å². The largest absolute Gasteiger partial charge is 1.00 e. The average Bonchev–Trinajstić information content (AvgIpc) is 1.51. The third-order valence-electron chi connectivity index (χ3n) is 13.1. The Bertz CT molecular complexity index is 2910. The summed E-state index contributed by atoms with van der Waals surface area (Å²) in [4.78, 5) is 71.9. The van der Waals surface area contributed by atoms with Gasteiger partial charge in [-0.15, -0.1) is 35.6 Å². The van der Waals surface area contributed by atoms with Crippen molar-refractivity contribution in [2.75, 3.05) is 12.8 Å². The van der Waals surface area contributed by atoms with Crippen molar-refractivity contribution in [3.05, 3.63) is 203 Å². The maximum Gasteiger partial charge on any atom is 1.00 e. The number of carbonyl (C=O) groups is 6. The van der Waals surface area contributed by atoms with Gasteiger partial charge >= 0.3 is 53.7 Å². The van der Waals surface area contributed by atoms with E-state index in [2.05, 4.69) is 34.7 Å². The second-order valence-electron chi connectivity index (χ2n) is 17.8. The number of carbonyl (C=O) groups excluding carboxylic acids is 6. The second-order valence-corrected chi connectivity index (χ2v) is 20.5. The fourth-order valence-electron chi connectivity index (χ4n) is 9.43. The molecule has 22 nitrogen and oxygen atoms in total. The third-order valence-corrected chi connectivity index (χ3v) is 16.2. The van der Waals surface area contributed by atoms with Crippen LogP contribution in [0.2, 0.25) is 0 Å². The van der Waals surface area contributed by atoms with E-state index in [1.54, 1.807) is 159 Å². The van der Waals surface area contributed by atoms with Crippen LogP contribution in [-0.4, -0.2) is 117 Å².